The van der Waals surface area contributed by atoms with Crippen LogP contribution in [0.5, 0.6) is 5.75 Å². The van der Waals surface area contributed by atoms with Gasteiger partial charge in [-0.05, 0) is 31.0 Å². The third-order valence-corrected chi connectivity index (χ3v) is 3.22. The van der Waals surface area contributed by atoms with Crippen molar-refractivity contribution < 1.29 is 14.3 Å². The summed E-state index contributed by atoms with van der Waals surface area (Å²) in [7, 11) is 1.54. The average Bonchev–Trinajstić information content (AvgIpc) is 3.21. The molecule has 1 fully saturated rings. The van der Waals surface area contributed by atoms with Gasteiger partial charge in [0.25, 0.3) is 0 Å². The minimum atomic E-state index is -0.239. The van der Waals surface area contributed by atoms with Gasteiger partial charge >= 0.3 is 0 Å². The number of hydrogen-bond donors (Lipinski definition) is 2. The Balaban J connectivity index is 1.84. The van der Waals surface area contributed by atoms with Crippen LogP contribution in [0, 0.1) is 0 Å². The largest absolute Gasteiger partial charge is 0.496 e. The van der Waals surface area contributed by atoms with E-state index in [1.807, 2.05) is 0 Å². The molecule has 108 valence electrons. The fraction of sp³-hybridized carbons (Fsp3) is 0.429. The summed E-state index contributed by atoms with van der Waals surface area (Å²) in [5.41, 5.74) is 0.695. The van der Waals surface area contributed by atoms with E-state index in [1.54, 1.807) is 18.2 Å². The zero-order valence-corrected chi connectivity index (χ0v) is 12.0. The highest BCUT2D eigenvalue weighted by molar-refractivity contribution is 6.30. The molecule has 2 rings (SSSR count). The summed E-state index contributed by atoms with van der Waals surface area (Å²) in [4.78, 5) is 23.3. The molecule has 20 heavy (non-hydrogen) atoms. The molecule has 0 atom stereocenters. The monoisotopic (exact) mass is 296 g/mol. The van der Waals surface area contributed by atoms with Gasteiger partial charge in [0, 0.05) is 16.6 Å². The van der Waals surface area contributed by atoms with Gasteiger partial charge in [0.1, 0.15) is 5.75 Å². The highest BCUT2D eigenvalue weighted by Gasteiger charge is 2.23. The first-order valence-electron chi connectivity index (χ1n) is 6.47. The molecule has 5 nitrogen and oxygen atoms in total. The van der Waals surface area contributed by atoms with Crippen LogP contribution in [0.2, 0.25) is 5.02 Å². The van der Waals surface area contributed by atoms with Crippen LogP contribution in [0.25, 0.3) is 0 Å². The standard InChI is InChI=1S/C14H17ClN2O3/c1-20-12-5-2-10(15)6-9(12)7-13(18)16-8-14(19)17-11-3-4-11/h2,5-6,11H,3-4,7-8H2,1H3,(H,16,18)(H,17,19). The number of methoxy groups -OCH3 is 1. The maximum Gasteiger partial charge on any atom is 0.239 e. The summed E-state index contributed by atoms with van der Waals surface area (Å²) < 4.78 is 5.17. The van der Waals surface area contributed by atoms with Gasteiger partial charge in [0.15, 0.2) is 0 Å². The summed E-state index contributed by atoms with van der Waals surface area (Å²) in [6, 6.07) is 5.40. The van der Waals surface area contributed by atoms with Crippen LogP contribution < -0.4 is 15.4 Å². The van der Waals surface area contributed by atoms with Crippen LogP contribution >= 0.6 is 11.6 Å². The first kappa shape index (κ1) is 14.7. The number of benzene rings is 1. The predicted octanol–water partition coefficient (Wildman–Crippen LogP) is 1.29. The van der Waals surface area contributed by atoms with E-state index in [0.29, 0.717) is 22.4 Å². The smallest absolute Gasteiger partial charge is 0.239 e. The number of rotatable bonds is 6. The van der Waals surface area contributed by atoms with Crippen LogP contribution in [-0.2, 0) is 16.0 Å². The minimum absolute atomic E-state index is 0.00177. The number of nitrogens with one attached hydrogen (secondary N) is 2. The van der Waals surface area contributed by atoms with Crippen molar-refractivity contribution in [3.05, 3.63) is 28.8 Å². The minimum Gasteiger partial charge on any atom is -0.496 e. The highest BCUT2D eigenvalue weighted by atomic mass is 35.5. The molecule has 1 aromatic rings. The molecule has 2 N–H and O–H groups in total. The first-order valence-corrected chi connectivity index (χ1v) is 6.84. The van der Waals surface area contributed by atoms with Crippen molar-refractivity contribution in [1.82, 2.24) is 10.6 Å². The maximum absolute atomic E-state index is 11.8. The van der Waals surface area contributed by atoms with E-state index in [0.717, 1.165) is 12.8 Å². The molecule has 0 unspecified atom stereocenters. The van der Waals surface area contributed by atoms with Crippen LogP contribution in [0.1, 0.15) is 18.4 Å². The van der Waals surface area contributed by atoms with Gasteiger partial charge in [-0.1, -0.05) is 11.6 Å². The quantitative estimate of drug-likeness (QED) is 0.831. The highest BCUT2D eigenvalue weighted by Crippen LogP contribution is 2.23. The number of amides is 2. The summed E-state index contributed by atoms with van der Waals surface area (Å²) in [5, 5.41) is 5.93. The predicted molar refractivity (Wildman–Crippen MR) is 75.9 cm³/mol. The summed E-state index contributed by atoms with van der Waals surface area (Å²) in [6.45, 7) is -0.00177. The molecule has 2 amide bonds. The third kappa shape index (κ3) is 4.42. The Labute approximate surface area is 122 Å². The summed E-state index contributed by atoms with van der Waals surface area (Å²) in [5.74, 6) is 0.211. The number of carbonyl (C=O) groups excluding carboxylic acids is 2. The number of hydrogen-bond acceptors (Lipinski definition) is 3. The van der Waals surface area contributed by atoms with Crippen LogP contribution in [0.3, 0.4) is 0 Å². The Hall–Kier alpha value is -1.75. The molecule has 1 aromatic carbocycles. The first-order chi connectivity index (χ1) is 9.58. The Morgan fingerprint density at radius 2 is 2.10 bits per heavy atom. The number of carbonyl (C=O) groups is 2. The number of halogens is 1. The van der Waals surface area contributed by atoms with Crippen molar-refractivity contribution in [2.75, 3.05) is 13.7 Å². The molecule has 0 heterocycles. The molecule has 1 aliphatic rings. The molecule has 0 aromatic heterocycles. The van der Waals surface area contributed by atoms with Crippen molar-refractivity contribution in [2.45, 2.75) is 25.3 Å². The van der Waals surface area contributed by atoms with Crippen LogP contribution in [-0.4, -0.2) is 31.5 Å². The van der Waals surface area contributed by atoms with Gasteiger partial charge < -0.3 is 15.4 Å². The normalized spacial score (nSPS) is 13.7. The molecular weight excluding hydrogens is 280 g/mol. The van der Waals surface area contributed by atoms with E-state index in [1.165, 1.54) is 7.11 Å². The van der Waals surface area contributed by atoms with Gasteiger partial charge in [0.05, 0.1) is 20.1 Å². The molecule has 6 heteroatoms. The topological polar surface area (TPSA) is 67.4 Å². The summed E-state index contributed by atoms with van der Waals surface area (Å²) in [6.07, 6.45) is 2.18. The van der Waals surface area contributed by atoms with Gasteiger partial charge in [0.2, 0.25) is 11.8 Å². The fourth-order valence-corrected chi connectivity index (χ4v) is 2.00. The van der Waals surface area contributed by atoms with Gasteiger partial charge in [-0.3, -0.25) is 9.59 Å². The van der Waals surface area contributed by atoms with E-state index in [-0.39, 0.29) is 24.8 Å². The lowest BCUT2D eigenvalue weighted by atomic mass is 10.1. The molecule has 0 saturated heterocycles. The fourth-order valence-electron chi connectivity index (χ4n) is 1.81. The van der Waals surface area contributed by atoms with Gasteiger partial charge in [-0.15, -0.1) is 0 Å². The molecule has 1 saturated carbocycles. The summed E-state index contributed by atoms with van der Waals surface area (Å²) >= 11 is 5.90. The lowest BCUT2D eigenvalue weighted by Gasteiger charge is -2.09. The zero-order chi connectivity index (χ0) is 14.5. The molecule has 0 bridgehead atoms. The second kappa shape index (κ2) is 6.61. The molecule has 0 spiro atoms. The Morgan fingerprint density at radius 1 is 1.35 bits per heavy atom. The molecule has 0 radical (unpaired) electrons. The second-order valence-corrected chi connectivity index (χ2v) is 5.19. The van der Waals surface area contributed by atoms with E-state index in [4.69, 9.17) is 16.3 Å². The van der Waals surface area contributed by atoms with Crippen LogP contribution in [0.15, 0.2) is 18.2 Å². The van der Waals surface area contributed by atoms with Crippen molar-refractivity contribution in [2.24, 2.45) is 0 Å². The van der Waals surface area contributed by atoms with Crippen molar-refractivity contribution in [3.8, 4) is 5.75 Å². The van der Waals surface area contributed by atoms with E-state index >= 15 is 0 Å². The maximum atomic E-state index is 11.8. The van der Waals surface area contributed by atoms with E-state index in [9.17, 15) is 9.59 Å². The van der Waals surface area contributed by atoms with Crippen molar-refractivity contribution in [1.29, 1.82) is 0 Å². The zero-order valence-electron chi connectivity index (χ0n) is 11.2. The second-order valence-electron chi connectivity index (χ2n) is 4.75. The lowest BCUT2D eigenvalue weighted by molar-refractivity contribution is -0.125. The molecule has 1 aliphatic carbocycles. The average molecular weight is 297 g/mol. The van der Waals surface area contributed by atoms with Crippen molar-refractivity contribution >= 4 is 23.4 Å². The van der Waals surface area contributed by atoms with Gasteiger partial charge in [-0.2, -0.15) is 0 Å². The third-order valence-electron chi connectivity index (χ3n) is 2.98. The van der Waals surface area contributed by atoms with Gasteiger partial charge in [-0.25, -0.2) is 0 Å². The van der Waals surface area contributed by atoms with Crippen molar-refractivity contribution in [3.63, 3.8) is 0 Å². The van der Waals surface area contributed by atoms with Crippen LogP contribution in [0.4, 0.5) is 0 Å². The molecule has 0 aliphatic heterocycles. The Bertz CT molecular complexity index is 515. The SMILES string of the molecule is COc1ccc(Cl)cc1CC(=O)NCC(=O)NC1CC1. The Kier molecular flexibility index (Phi) is 4.84. The Morgan fingerprint density at radius 3 is 2.75 bits per heavy atom. The number of ether oxygens (including phenoxy) is 1. The van der Waals surface area contributed by atoms with E-state index < -0.39 is 0 Å². The molecular formula is C14H17ClN2O3. The lowest BCUT2D eigenvalue weighted by Crippen LogP contribution is -2.38. The van der Waals surface area contributed by atoms with E-state index in [2.05, 4.69) is 10.6 Å².